The predicted molar refractivity (Wildman–Crippen MR) is 132 cm³/mol. The number of fused-ring (bicyclic) bond motifs is 1. The van der Waals surface area contributed by atoms with Gasteiger partial charge in [0, 0.05) is 31.5 Å². The Morgan fingerprint density at radius 1 is 1.06 bits per heavy atom. The lowest BCUT2D eigenvalue weighted by Crippen LogP contribution is -2.36. The Balaban J connectivity index is 0.00000306. The zero-order valence-corrected chi connectivity index (χ0v) is 20.2. The van der Waals surface area contributed by atoms with Crippen molar-refractivity contribution in [3.8, 4) is 5.75 Å². The van der Waals surface area contributed by atoms with Crippen LogP contribution in [0.2, 0.25) is 0 Å². The number of methoxy groups -OCH3 is 1. The number of ether oxygens (including phenoxy) is 1. The highest BCUT2D eigenvalue weighted by molar-refractivity contribution is 7.22. The number of carbonyl (C=O) groups is 3. The number of thiazole rings is 1. The number of amides is 3. The molecule has 3 aromatic rings. The molecule has 0 N–H and O–H groups in total. The zero-order chi connectivity index (χ0) is 22.8. The van der Waals surface area contributed by atoms with Crippen molar-refractivity contribution in [3.63, 3.8) is 0 Å². The Kier molecular flexibility index (Phi) is 7.68. The third-order valence-electron chi connectivity index (χ3n) is 5.26. The van der Waals surface area contributed by atoms with Crippen LogP contribution in [0.1, 0.15) is 23.2 Å². The van der Waals surface area contributed by atoms with Gasteiger partial charge in [0.25, 0.3) is 5.91 Å². The highest BCUT2D eigenvalue weighted by Gasteiger charge is 2.30. The van der Waals surface area contributed by atoms with Gasteiger partial charge in [-0.2, -0.15) is 0 Å². The van der Waals surface area contributed by atoms with Crippen LogP contribution >= 0.6 is 23.7 Å². The minimum Gasteiger partial charge on any atom is -0.494 e. The summed E-state index contributed by atoms with van der Waals surface area (Å²) in [5.74, 6) is 0.0278. The van der Waals surface area contributed by atoms with Crippen molar-refractivity contribution in [2.24, 2.45) is 0 Å². The molecule has 1 aliphatic rings. The fourth-order valence-corrected chi connectivity index (χ4v) is 4.56. The molecule has 2 aromatic carbocycles. The van der Waals surface area contributed by atoms with E-state index < -0.39 is 0 Å². The van der Waals surface area contributed by atoms with Crippen LogP contribution in [-0.2, 0) is 9.59 Å². The van der Waals surface area contributed by atoms with Crippen LogP contribution in [0.25, 0.3) is 10.2 Å². The van der Waals surface area contributed by atoms with Gasteiger partial charge in [-0.25, -0.2) is 4.98 Å². The molecule has 1 saturated heterocycles. The Hall–Kier alpha value is -3.01. The first kappa shape index (κ1) is 24.6. The van der Waals surface area contributed by atoms with Gasteiger partial charge in [0.2, 0.25) is 11.8 Å². The fraction of sp³-hybridized carbons (Fsp3) is 0.304. The topological polar surface area (TPSA) is 83.0 Å². The number of nitrogens with zero attached hydrogens (tertiary/aromatic N) is 4. The van der Waals surface area contributed by atoms with Gasteiger partial charge in [0.05, 0.1) is 17.5 Å². The number of likely N-dealkylation sites (N-methyl/N-ethyl adjacent to an activating group) is 1. The second-order valence-electron chi connectivity index (χ2n) is 7.73. The first-order valence-electron chi connectivity index (χ1n) is 10.2. The third kappa shape index (κ3) is 5.00. The second kappa shape index (κ2) is 10.3. The Morgan fingerprint density at radius 2 is 1.73 bits per heavy atom. The van der Waals surface area contributed by atoms with Crippen molar-refractivity contribution in [2.45, 2.75) is 12.8 Å². The lowest BCUT2D eigenvalue weighted by Gasteiger charge is -2.22. The molecule has 1 aliphatic heterocycles. The van der Waals surface area contributed by atoms with Crippen molar-refractivity contribution < 1.29 is 19.1 Å². The average molecular weight is 489 g/mol. The zero-order valence-electron chi connectivity index (χ0n) is 18.6. The maximum atomic E-state index is 13.4. The minimum absolute atomic E-state index is 0. The Morgan fingerprint density at radius 3 is 2.33 bits per heavy atom. The summed E-state index contributed by atoms with van der Waals surface area (Å²) in [5.41, 5.74) is 1.66. The molecule has 33 heavy (non-hydrogen) atoms. The molecular weight excluding hydrogens is 464 g/mol. The minimum atomic E-state index is -0.217. The first-order valence-corrected chi connectivity index (χ1v) is 11.1. The molecule has 0 unspecified atom stereocenters. The summed E-state index contributed by atoms with van der Waals surface area (Å²) in [5, 5.41) is 0.588. The summed E-state index contributed by atoms with van der Waals surface area (Å²) in [4.78, 5) is 47.0. The number of hydrogen-bond acceptors (Lipinski definition) is 7. The van der Waals surface area contributed by atoms with Gasteiger partial charge >= 0.3 is 0 Å². The summed E-state index contributed by atoms with van der Waals surface area (Å²) in [6.07, 6.45) is 0.442. The largest absolute Gasteiger partial charge is 0.494 e. The number of anilines is 2. The van der Waals surface area contributed by atoms with E-state index in [-0.39, 0.29) is 43.0 Å². The predicted octanol–water partition coefficient (Wildman–Crippen LogP) is 3.59. The van der Waals surface area contributed by atoms with E-state index in [0.717, 1.165) is 10.2 Å². The first-order chi connectivity index (χ1) is 15.4. The molecule has 0 bridgehead atoms. The van der Waals surface area contributed by atoms with Gasteiger partial charge in [0.15, 0.2) is 5.13 Å². The van der Waals surface area contributed by atoms with Crippen LogP contribution in [0, 0.1) is 0 Å². The van der Waals surface area contributed by atoms with Crippen LogP contribution < -0.4 is 14.5 Å². The van der Waals surface area contributed by atoms with Crippen LogP contribution in [0.15, 0.2) is 42.5 Å². The lowest BCUT2D eigenvalue weighted by molar-refractivity contribution is -0.121. The van der Waals surface area contributed by atoms with E-state index in [1.165, 1.54) is 16.2 Å². The second-order valence-corrected chi connectivity index (χ2v) is 8.74. The molecule has 0 atom stereocenters. The Bertz CT molecular complexity index is 1160. The SMILES string of the molecule is COc1cccc2sc(N(CCN(C)C)C(=O)c3ccc(N4C(=O)CCC4=O)cc3)nc12.Cl. The monoisotopic (exact) mass is 488 g/mol. The van der Waals surface area contributed by atoms with Crippen molar-refractivity contribution >= 4 is 62.5 Å². The van der Waals surface area contributed by atoms with Gasteiger partial charge < -0.3 is 9.64 Å². The molecule has 0 radical (unpaired) electrons. The number of halogens is 1. The molecule has 8 nitrogen and oxygen atoms in total. The van der Waals surface area contributed by atoms with Gasteiger partial charge in [-0.05, 0) is 50.5 Å². The van der Waals surface area contributed by atoms with E-state index in [2.05, 4.69) is 0 Å². The number of carbonyl (C=O) groups excluding carboxylic acids is 3. The van der Waals surface area contributed by atoms with E-state index in [1.807, 2.05) is 37.2 Å². The average Bonchev–Trinajstić information content (AvgIpc) is 3.36. The molecule has 0 spiro atoms. The maximum absolute atomic E-state index is 13.4. The summed E-state index contributed by atoms with van der Waals surface area (Å²) in [6, 6.07) is 12.3. The molecule has 2 heterocycles. The van der Waals surface area contributed by atoms with Crippen LogP contribution in [0.3, 0.4) is 0 Å². The van der Waals surface area contributed by atoms with Gasteiger partial charge in [-0.15, -0.1) is 12.4 Å². The molecule has 174 valence electrons. The van der Waals surface area contributed by atoms with Crippen molar-refractivity contribution in [1.29, 1.82) is 0 Å². The van der Waals surface area contributed by atoms with E-state index in [4.69, 9.17) is 9.72 Å². The van der Waals surface area contributed by atoms with Crippen molar-refractivity contribution in [2.75, 3.05) is 44.1 Å². The van der Waals surface area contributed by atoms with Gasteiger partial charge in [0.1, 0.15) is 11.3 Å². The summed E-state index contributed by atoms with van der Waals surface area (Å²) in [7, 11) is 5.49. The van der Waals surface area contributed by atoms with Gasteiger partial charge in [-0.1, -0.05) is 17.4 Å². The molecule has 0 saturated carbocycles. The van der Waals surface area contributed by atoms with Crippen LogP contribution in [0.4, 0.5) is 10.8 Å². The normalized spacial score (nSPS) is 13.5. The molecule has 3 amide bonds. The maximum Gasteiger partial charge on any atom is 0.260 e. The summed E-state index contributed by atoms with van der Waals surface area (Å²) in [6.45, 7) is 1.12. The standard InChI is InChI=1S/C23H24N4O4S.ClH/c1-25(2)13-14-26(23-24-21-17(31-3)5-4-6-18(21)32-23)22(30)15-7-9-16(10-8-15)27-19(28)11-12-20(27)29;/h4-10H,11-14H2,1-3H3;1H. The van der Waals surface area contributed by atoms with Crippen LogP contribution in [0.5, 0.6) is 5.75 Å². The number of hydrogen-bond donors (Lipinski definition) is 0. The number of aromatic nitrogens is 1. The van der Waals surface area contributed by atoms with E-state index in [9.17, 15) is 14.4 Å². The van der Waals surface area contributed by atoms with E-state index >= 15 is 0 Å². The molecule has 1 aromatic heterocycles. The lowest BCUT2D eigenvalue weighted by atomic mass is 10.1. The number of imide groups is 1. The Labute approximate surface area is 202 Å². The highest BCUT2D eigenvalue weighted by atomic mass is 35.5. The van der Waals surface area contributed by atoms with Crippen molar-refractivity contribution in [1.82, 2.24) is 9.88 Å². The summed E-state index contributed by atoms with van der Waals surface area (Å²) < 4.78 is 6.35. The molecule has 1 fully saturated rings. The molecule has 4 rings (SSSR count). The molecular formula is C23H25ClN4O4S. The quantitative estimate of drug-likeness (QED) is 0.473. The smallest absolute Gasteiger partial charge is 0.260 e. The third-order valence-corrected chi connectivity index (χ3v) is 6.31. The van der Waals surface area contributed by atoms with Crippen LogP contribution in [-0.4, -0.2) is 61.9 Å². The number of rotatable bonds is 7. The fourth-order valence-electron chi connectivity index (χ4n) is 3.55. The van der Waals surface area contributed by atoms with Crippen molar-refractivity contribution in [3.05, 3.63) is 48.0 Å². The molecule has 10 heteroatoms. The number of para-hydroxylation sites is 1. The van der Waals surface area contributed by atoms with E-state index in [0.29, 0.717) is 35.2 Å². The van der Waals surface area contributed by atoms with E-state index in [1.54, 1.807) is 36.3 Å². The highest BCUT2D eigenvalue weighted by Crippen LogP contribution is 2.34. The number of benzene rings is 2. The van der Waals surface area contributed by atoms with Gasteiger partial charge in [-0.3, -0.25) is 24.2 Å². The summed E-state index contributed by atoms with van der Waals surface area (Å²) >= 11 is 1.43. The molecule has 0 aliphatic carbocycles.